The summed E-state index contributed by atoms with van der Waals surface area (Å²) in [6, 6.07) is 4.36. The highest BCUT2D eigenvalue weighted by Gasteiger charge is 2.42. The van der Waals surface area contributed by atoms with Gasteiger partial charge < -0.3 is 20.1 Å². The van der Waals surface area contributed by atoms with E-state index in [0.717, 1.165) is 63.4 Å². The molecule has 4 rings (SSSR count). The van der Waals surface area contributed by atoms with Crippen LogP contribution in [0.25, 0.3) is 0 Å². The molecule has 6 nitrogen and oxygen atoms in total. The molecule has 1 aromatic rings. The molecule has 2 N–H and O–H groups in total. The van der Waals surface area contributed by atoms with Crippen LogP contribution in [0, 0.1) is 5.92 Å². The van der Waals surface area contributed by atoms with Crippen molar-refractivity contribution in [3.8, 4) is 11.5 Å². The van der Waals surface area contributed by atoms with E-state index in [1.807, 2.05) is 4.90 Å². The summed E-state index contributed by atoms with van der Waals surface area (Å²) in [4.78, 5) is 17.3. The van der Waals surface area contributed by atoms with Crippen LogP contribution >= 0.6 is 0 Å². The summed E-state index contributed by atoms with van der Waals surface area (Å²) < 4.78 is 11.0. The number of carbonyl (C=O) groups is 1. The molecule has 0 bridgehead atoms. The monoisotopic (exact) mass is 359 g/mol. The van der Waals surface area contributed by atoms with Crippen molar-refractivity contribution in [2.45, 2.75) is 37.8 Å². The van der Waals surface area contributed by atoms with E-state index in [4.69, 9.17) is 15.2 Å². The predicted molar refractivity (Wildman–Crippen MR) is 99.5 cm³/mol. The highest BCUT2D eigenvalue weighted by Crippen LogP contribution is 2.42. The van der Waals surface area contributed by atoms with E-state index in [0.29, 0.717) is 0 Å². The molecule has 2 saturated heterocycles. The molecule has 0 aromatic heterocycles. The van der Waals surface area contributed by atoms with Gasteiger partial charge in [0.05, 0.1) is 20.1 Å². The van der Waals surface area contributed by atoms with Crippen molar-refractivity contribution in [1.82, 2.24) is 9.80 Å². The van der Waals surface area contributed by atoms with Gasteiger partial charge in [-0.25, -0.2) is 0 Å². The summed E-state index contributed by atoms with van der Waals surface area (Å²) in [6.07, 6.45) is 4.02. The number of hydrogen-bond donors (Lipinski definition) is 1. The number of fused-ring (bicyclic) bond motifs is 3. The second-order valence-electron chi connectivity index (χ2n) is 7.71. The van der Waals surface area contributed by atoms with Crippen LogP contribution in [0.5, 0.6) is 11.5 Å². The number of hydrogen-bond acceptors (Lipinski definition) is 5. The molecule has 1 amide bonds. The minimum atomic E-state index is -0.0941. The first-order valence-corrected chi connectivity index (χ1v) is 9.65. The number of nitrogens with zero attached hydrogens (tertiary/aromatic N) is 2. The van der Waals surface area contributed by atoms with E-state index in [-0.39, 0.29) is 23.9 Å². The average Bonchev–Trinajstić information content (AvgIpc) is 3.20. The van der Waals surface area contributed by atoms with Crippen LogP contribution in [0.15, 0.2) is 12.1 Å². The summed E-state index contributed by atoms with van der Waals surface area (Å²) in [7, 11) is 3.34. The van der Waals surface area contributed by atoms with E-state index >= 15 is 0 Å². The Labute approximate surface area is 155 Å². The lowest BCUT2D eigenvalue weighted by Crippen LogP contribution is -2.55. The summed E-state index contributed by atoms with van der Waals surface area (Å²) in [6.45, 7) is 3.51. The Bertz CT molecular complexity index is 687. The van der Waals surface area contributed by atoms with Gasteiger partial charge in [-0.2, -0.15) is 0 Å². The van der Waals surface area contributed by atoms with Gasteiger partial charge in [-0.05, 0) is 48.9 Å². The number of likely N-dealkylation sites (tertiary alicyclic amines) is 1. The molecule has 1 aromatic carbocycles. The smallest absolute Gasteiger partial charge is 0.228 e. The first-order valence-electron chi connectivity index (χ1n) is 9.65. The third kappa shape index (κ3) is 2.95. The summed E-state index contributed by atoms with van der Waals surface area (Å²) in [5.41, 5.74) is 9.09. The van der Waals surface area contributed by atoms with E-state index in [1.165, 1.54) is 11.1 Å². The maximum Gasteiger partial charge on any atom is 0.228 e. The third-order valence-corrected chi connectivity index (χ3v) is 6.29. The van der Waals surface area contributed by atoms with Gasteiger partial charge in [-0.15, -0.1) is 0 Å². The molecule has 3 heterocycles. The molecule has 3 atom stereocenters. The van der Waals surface area contributed by atoms with Crippen molar-refractivity contribution < 1.29 is 14.3 Å². The van der Waals surface area contributed by atoms with Crippen molar-refractivity contribution in [2.24, 2.45) is 11.7 Å². The normalized spacial score (nSPS) is 28.4. The van der Waals surface area contributed by atoms with Crippen molar-refractivity contribution >= 4 is 5.91 Å². The Morgan fingerprint density at radius 2 is 1.81 bits per heavy atom. The molecular weight excluding hydrogens is 330 g/mol. The quantitative estimate of drug-likeness (QED) is 0.887. The summed E-state index contributed by atoms with van der Waals surface area (Å²) in [5.74, 6) is 1.72. The molecule has 6 heteroatoms. The van der Waals surface area contributed by atoms with Gasteiger partial charge in [0.25, 0.3) is 0 Å². The van der Waals surface area contributed by atoms with Crippen LogP contribution in [-0.4, -0.2) is 62.1 Å². The number of piperidine rings is 1. The standard InChI is InChI=1S/C20H29N3O3/c1-25-18-9-13-5-8-23-12-15(20(24)22-6-3-4-7-22)16(21)11-17(23)14(13)10-19(18)26-2/h9-10,15-17H,3-8,11-12,21H2,1-2H3. The predicted octanol–water partition coefficient (Wildman–Crippen LogP) is 1.57. The van der Waals surface area contributed by atoms with Gasteiger partial charge in [0.1, 0.15) is 0 Å². The van der Waals surface area contributed by atoms with Crippen molar-refractivity contribution in [1.29, 1.82) is 0 Å². The maximum absolute atomic E-state index is 12.9. The number of amides is 1. The van der Waals surface area contributed by atoms with Gasteiger partial charge in [0.2, 0.25) is 5.91 Å². The Kier molecular flexibility index (Phi) is 4.80. The second kappa shape index (κ2) is 7.08. The summed E-state index contributed by atoms with van der Waals surface area (Å²) in [5, 5.41) is 0. The van der Waals surface area contributed by atoms with Crippen LogP contribution in [0.3, 0.4) is 0 Å². The highest BCUT2D eigenvalue weighted by molar-refractivity contribution is 5.80. The van der Waals surface area contributed by atoms with Crippen LogP contribution in [0.1, 0.15) is 36.4 Å². The number of ether oxygens (including phenoxy) is 2. The minimum absolute atomic E-state index is 0.0777. The lowest BCUT2D eigenvalue weighted by Gasteiger charge is -2.46. The van der Waals surface area contributed by atoms with E-state index in [2.05, 4.69) is 17.0 Å². The van der Waals surface area contributed by atoms with Crippen LogP contribution < -0.4 is 15.2 Å². The number of benzene rings is 1. The Morgan fingerprint density at radius 1 is 1.12 bits per heavy atom. The highest BCUT2D eigenvalue weighted by atomic mass is 16.5. The fourth-order valence-corrected chi connectivity index (χ4v) is 4.82. The number of rotatable bonds is 3. The van der Waals surface area contributed by atoms with E-state index < -0.39 is 0 Å². The van der Waals surface area contributed by atoms with E-state index in [9.17, 15) is 4.79 Å². The van der Waals surface area contributed by atoms with Crippen LogP contribution in [0.4, 0.5) is 0 Å². The van der Waals surface area contributed by atoms with Crippen molar-refractivity contribution in [3.63, 3.8) is 0 Å². The zero-order chi connectivity index (χ0) is 18.3. The lowest BCUT2D eigenvalue weighted by atomic mass is 9.80. The SMILES string of the molecule is COc1cc2c(cc1OC)C1CC(N)C(C(=O)N3CCCC3)CN1CC2. The second-order valence-corrected chi connectivity index (χ2v) is 7.71. The molecule has 0 spiro atoms. The maximum atomic E-state index is 12.9. The lowest BCUT2D eigenvalue weighted by molar-refractivity contribution is -0.137. The zero-order valence-corrected chi connectivity index (χ0v) is 15.7. The molecule has 3 aliphatic heterocycles. The van der Waals surface area contributed by atoms with Gasteiger partial charge in [0, 0.05) is 38.3 Å². The summed E-state index contributed by atoms with van der Waals surface area (Å²) >= 11 is 0. The average molecular weight is 359 g/mol. The number of methoxy groups -OCH3 is 2. The Hall–Kier alpha value is -1.79. The number of carbonyl (C=O) groups excluding carboxylic acids is 1. The first-order chi connectivity index (χ1) is 12.6. The topological polar surface area (TPSA) is 68.0 Å². The molecule has 0 saturated carbocycles. The number of nitrogens with two attached hydrogens (primary N) is 1. The molecule has 3 unspecified atom stereocenters. The van der Waals surface area contributed by atoms with Gasteiger partial charge in [-0.3, -0.25) is 9.69 Å². The Balaban J connectivity index is 1.57. The molecule has 142 valence electrons. The zero-order valence-electron chi connectivity index (χ0n) is 15.7. The Morgan fingerprint density at radius 3 is 2.50 bits per heavy atom. The van der Waals surface area contributed by atoms with Gasteiger partial charge in [0.15, 0.2) is 11.5 Å². The fourth-order valence-electron chi connectivity index (χ4n) is 4.82. The van der Waals surface area contributed by atoms with E-state index in [1.54, 1.807) is 14.2 Å². The van der Waals surface area contributed by atoms with Gasteiger partial charge >= 0.3 is 0 Å². The van der Waals surface area contributed by atoms with Crippen molar-refractivity contribution in [3.05, 3.63) is 23.3 Å². The molecule has 26 heavy (non-hydrogen) atoms. The first kappa shape index (κ1) is 17.6. The fraction of sp³-hybridized carbons (Fsp3) is 0.650. The van der Waals surface area contributed by atoms with Gasteiger partial charge in [-0.1, -0.05) is 0 Å². The van der Waals surface area contributed by atoms with Crippen LogP contribution in [-0.2, 0) is 11.2 Å². The largest absolute Gasteiger partial charge is 0.493 e. The van der Waals surface area contributed by atoms with Crippen molar-refractivity contribution in [2.75, 3.05) is 40.4 Å². The third-order valence-electron chi connectivity index (χ3n) is 6.29. The molecule has 0 aliphatic carbocycles. The molecule has 3 aliphatic rings. The minimum Gasteiger partial charge on any atom is -0.493 e. The molecular formula is C20H29N3O3. The molecule has 2 fully saturated rings. The van der Waals surface area contributed by atoms with Crippen LogP contribution in [0.2, 0.25) is 0 Å². The molecule has 0 radical (unpaired) electrons.